The molecule has 0 bridgehead atoms. The van der Waals surface area contributed by atoms with Gasteiger partial charge in [-0.15, -0.1) is 0 Å². The fraction of sp³-hybridized carbons (Fsp3) is 0.133. The molecular weight excluding hydrogens is 304 g/mol. The number of carbonyl (C=O) groups is 1. The lowest BCUT2D eigenvalue weighted by molar-refractivity contribution is -0.139. The van der Waals surface area contributed by atoms with Gasteiger partial charge in [0.15, 0.2) is 5.70 Å². The summed E-state index contributed by atoms with van der Waals surface area (Å²) in [5, 5.41) is 5.58. The van der Waals surface area contributed by atoms with Crippen LogP contribution in [-0.4, -0.2) is 12.6 Å². The van der Waals surface area contributed by atoms with Crippen molar-refractivity contribution in [1.82, 2.24) is 5.43 Å². The molecule has 0 fully saturated rings. The summed E-state index contributed by atoms with van der Waals surface area (Å²) in [6.45, 7) is 1.93. The summed E-state index contributed by atoms with van der Waals surface area (Å²) in [6.07, 6.45) is 0. The number of hydrogen-bond acceptors (Lipinski definition) is 6. The molecule has 0 saturated heterocycles. The summed E-state index contributed by atoms with van der Waals surface area (Å²) in [7, 11) is 0. The average Bonchev–Trinajstić information content (AvgIpc) is 2.48. The molecule has 2 aromatic carbocycles. The maximum atomic E-state index is 11.7. The van der Waals surface area contributed by atoms with Crippen LogP contribution in [0.5, 0.6) is 0 Å². The Morgan fingerprint density at radius 2 is 1.91 bits per heavy atom. The Kier molecular flexibility index (Phi) is 5.08. The van der Waals surface area contributed by atoms with Gasteiger partial charge in [0.1, 0.15) is 5.82 Å². The van der Waals surface area contributed by atoms with Crippen molar-refractivity contribution in [2.75, 3.05) is 11.9 Å². The number of benzene rings is 2. The van der Waals surface area contributed by atoms with Crippen molar-refractivity contribution in [3.05, 3.63) is 52.9 Å². The van der Waals surface area contributed by atoms with Gasteiger partial charge in [-0.05, 0) is 42.0 Å². The Morgan fingerprint density at radius 3 is 2.59 bits per heavy atom. The molecule has 2 rings (SSSR count). The van der Waals surface area contributed by atoms with E-state index >= 15 is 0 Å². The number of esters is 1. The Morgan fingerprint density at radius 1 is 1.23 bits per heavy atom. The highest BCUT2D eigenvalue weighted by atomic mass is 35.5. The van der Waals surface area contributed by atoms with Crippen molar-refractivity contribution in [2.45, 2.75) is 6.92 Å². The minimum absolute atomic E-state index is 0.0296. The molecule has 2 aromatic rings. The third-order valence-electron chi connectivity index (χ3n) is 2.97. The van der Waals surface area contributed by atoms with E-state index in [1.165, 1.54) is 0 Å². The molecule has 7 heteroatoms. The Bertz CT molecular complexity index is 731. The zero-order chi connectivity index (χ0) is 16.1. The third-order valence-corrected chi connectivity index (χ3v) is 3.21. The number of fused-ring (bicyclic) bond motifs is 1. The van der Waals surface area contributed by atoms with Gasteiger partial charge in [-0.3, -0.25) is 5.84 Å². The molecule has 0 heterocycles. The van der Waals surface area contributed by atoms with E-state index in [1.807, 2.05) is 30.3 Å². The topological polar surface area (TPSA) is 102 Å². The smallest absolute Gasteiger partial charge is 0.359 e. The van der Waals surface area contributed by atoms with Gasteiger partial charge in [-0.1, -0.05) is 23.7 Å². The van der Waals surface area contributed by atoms with E-state index in [1.54, 1.807) is 13.0 Å². The Labute approximate surface area is 133 Å². The van der Waals surface area contributed by atoms with Gasteiger partial charge in [-0.2, -0.15) is 0 Å². The summed E-state index contributed by atoms with van der Waals surface area (Å²) in [5.74, 6) is 4.78. The van der Waals surface area contributed by atoms with Crippen LogP contribution >= 0.6 is 11.6 Å². The lowest BCUT2D eigenvalue weighted by atomic mass is 10.1. The number of carbonyl (C=O) groups excluding carboxylic acids is 1. The predicted molar refractivity (Wildman–Crippen MR) is 87.8 cm³/mol. The molecule has 0 aliphatic carbocycles. The third kappa shape index (κ3) is 3.60. The van der Waals surface area contributed by atoms with E-state index in [0.29, 0.717) is 10.7 Å². The first-order valence-corrected chi connectivity index (χ1v) is 7.02. The number of halogens is 1. The van der Waals surface area contributed by atoms with Crippen LogP contribution in [0.1, 0.15) is 6.92 Å². The first-order chi connectivity index (χ1) is 10.5. The van der Waals surface area contributed by atoms with Crippen LogP contribution in [0.4, 0.5) is 5.69 Å². The molecule has 6 N–H and O–H groups in total. The van der Waals surface area contributed by atoms with Crippen LogP contribution in [0.3, 0.4) is 0 Å². The number of ether oxygens (including phenoxy) is 1. The number of hydrogen-bond donors (Lipinski definition) is 4. The molecule has 0 spiro atoms. The van der Waals surface area contributed by atoms with E-state index < -0.39 is 5.97 Å². The van der Waals surface area contributed by atoms with Crippen LogP contribution in [0.25, 0.3) is 10.8 Å². The summed E-state index contributed by atoms with van der Waals surface area (Å²) < 4.78 is 4.86. The highest BCUT2D eigenvalue weighted by molar-refractivity contribution is 6.31. The SMILES string of the molecule is CCOC(=O)/C(NN)=C(/N)Nc1ccc2cc(Cl)ccc2c1. The largest absolute Gasteiger partial charge is 0.461 e. The minimum Gasteiger partial charge on any atom is -0.461 e. The maximum absolute atomic E-state index is 11.7. The molecule has 0 radical (unpaired) electrons. The van der Waals surface area contributed by atoms with Crippen molar-refractivity contribution in [3.8, 4) is 0 Å². The van der Waals surface area contributed by atoms with E-state index in [2.05, 4.69) is 10.7 Å². The van der Waals surface area contributed by atoms with Crippen LogP contribution in [0.15, 0.2) is 47.9 Å². The summed E-state index contributed by atoms with van der Waals surface area (Å²) in [4.78, 5) is 11.7. The molecule has 6 nitrogen and oxygen atoms in total. The second-order valence-electron chi connectivity index (χ2n) is 4.48. The Balaban J connectivity index is 2.28. The number of nitrogens with two attached hydrogens (primary N) is 2. The van der Waals surface area contributed by atoms with Crippen LogP contribution in [0, 0.1) is 0 Å². The van der Waals surface area contributed by atoms with Crippen molar-refractivity contribution in [3.63, 3.8) is 0 Å². The normalized spacial score (nSPS) is 11.8. The Hall–Kier alpha value is -2.44. The first-order valence-electron chi connectivity index (χ1n) is 6.65. The molecule has 116 valence electrons. The zero-order valence-corrected chi connectivity index (χ0v) is 12.8. The first kappa shape index (κ1) is 15.9. The van der Waals surface area contributed by atoms with Gasteiger partial charge >= 0.3 is 5.97 Å². The standard InChI is InChI=1S/C15H17ClN4O2/c1-2-22-15(21)13(20-18)14(17)19-12-6-4-9-7-11(16)5-3-10(9)8-12/h3-8,19-20H,2,17-18H2,1H3/b14-13+. The molecule has 0 aromatic heterocycles. The second-order valence-corrected chi connectivity index (χ2v) is 4.92. The van der Waals surface area contributed by atoms with E-state index in [9.17, 15) is 4.79 Å². The monoisotopic (exact) mass is 320 g/mol. The van der Waals surface area contributed by atoms with Crippen molar-refractivity contribution >= 4 is 34.0 Å². The molecule has 0 unspecified atom stereocenters. The summed E-state index contributed by atoms with van der Waals surface area (Å²) in [6, 6.07) is 11.2. The number of anilines is 1. The summed E-state index contributed by atoms with van der Waals surface area (Å²) >= 11 is 5.95. The van der Waals surface area contributed by atoms with Gasteiger partial charge in [0.05, 0.1) is 6.61 Å². The second kappa shape index (κ2) is 7.02. The number of rotatable bonds is 5. The fourth-order valence-electron chi connectivity index (χ4n) is 1.96. The lowest BCUT2D eigenvalue weighted by Crippen LogP contribution is -2.33. The van der Waals surface area contributed by atoms with Gasteiger partial charge < -0.3 is 21.2 Å². The highest BCUT2D eigenvalue weighted by Crippen LogP contribution is 2.23. The van der Waals surface area contributed by atoms with Gasteiger partial charge in [0, 0.05) is 10.7 Å². The molecule has 0 saturated carbocycles. The van der Waals surface area contributed by atoms with Crippen molar-refractivity contribution < 1.29 is 9.53 Å². The molecule has 0 amide bonds. The molecule has 0 aliphatic rings. The average molecular weight is 321 g/mol. The molecule has 0 aliphatic heterocycles. The molecular formula is C15H17ClN4O2. The van der Waals surface area contributed by atoms with E-state index in [0.717, 1.165) is 10.8 Å². The van der Waals surface area contributed by atoms with Gasteiger partial charge in [-0.25, -0.2) is 4.79 Å². The summed E-state index contributed by atoms with van der Waals surface area (Å²) in [5.41, 5.74) is 8.80. The fourth-order valence-corrected chi connectivity index (χ4v) is 2.14. The molecule has 22 heavy (non-hydrogen) atoms. The lowest BCUT2D eigenvalue weighted by Gasteiger charge is -2.12. The zero-order valence-electron chi connectivity index (χ0n) is 12.0. The number of nitrogens with one attached hydrogen (secondary N) is 2. The maximum Gasteiger partial charge on any atom is 0.359 e. The van der Waals surface area contributed by atoms with E-state index in [4.69, 9.17) is 27.9 Å². The van der Waals surface area contributed by atoms with Crippen LogP contribution in [0.2, 0.25) is 5.02 Å². The molecule has 0 atom stereocenters. The van der Waals surface area contributed by atoms with Gasteiger partial charge in [0.2, 0.25) is 0 Å². The van der Waals surface area contributed by atoms with Crippen molar-refractivity contribution in [2.24, 2.45) is 11.6 Å². The van der Waals surface area contributed by atoms with E-state index in [-0.39, 0.29) is 18.1 Å². The van der Waals surface area contributed by atoms with Crippen molar-refractivity contribution in [1.29, 1.82) is 0 Å². The van der Waals surface area contributed by atoms with Crippen LogP contribution < -0.4 is 22.3 Å². The minimum atomic E-state index is -0.623. The highest BCUT2D eigenvalue weighted by Gasteiger charge is 2.14. The number of hydrazine groups is 1. The van der Waals surface area contributed by atoms with Crippen LogP contribution in [-0.2, 0) is 9.53 Å². The quantitative estimate of drug-likeness (QED) is 0.291. The predicted octanol–water partition coefficient (Wildman–Crippen LogP) is 2.06. The van der Waals surface area contributed by atoms with Gasteiger partial charge in [0.25, 0.3) is 0 Å².